The average Bonchev–Trinajstić information content (AvgIpc) is 2.87. The van der Waals surface area contributed by atoms with E-state index in [-0.39, 0.29) is 0 Å². The van der Waals surface area contributed by atoms with E-state index < -0.39 is 0 Å². The van der Waals surface area contributed by atoms with Crippen molar-refractivity contribution in [3.05, 3.63) is 41.0 Å². The normalized spacial score (nSPS) is 10.8. The van der Waals surface area contributed by atoms with E-state index in [0.29, 0.717) is 0 Å². The first-order valence-corrected chi connectivity index (χ1v) is 5.83. The summed E-state index contributed by atoms with van der Waals surface area (Å²) in [6, 6.07) is 7.51. The number of hydrogen-bond acceptors (Lipinski definition) is 4. The second-order valence-electron chi connectivity index (χ2n) is 3.16. The molecule has 0 bridgehead atoms. The lowest BCUT2D eigenvalue weighted by Gasteiger charge is -2.04. The van der Waals surface area contributed by atoms with E-state index in [0.717, 1.165) is 20.8 Å². The summed E-state index contributed by atoms with van der Waals surface area (Å²) in [5.41, 5.74) is 0.813. The van der Waals surface area contributed by atoms with Crippen LogP contribution in [-0.4, -0.2) is 14.6 Å². The van der Waals surface area contributed by atoms with Crippen molar-refractivity contribution in [1.82, 2.24) is 14.6 Å². The van der Waals surface area contributed by atoms with Crippen molar-refractivity contribution >= 4 is 39.4 Å². The first-order valence-electron chi connectivity index (χ1n) is 4.64. The summed E-state index contributed by atoms with van der Waals surface area (Å²) < 4.78 is 2.50. The second-order valence-corrected chi connectivity index (χ2v) is 4.88. The fourth-order valence-electron chi connectivity index (χ4n) is 1.44. The highest BCUT2D eigenvalue weighted by Crippen LogP contribution is 2.28. The van der Waals surface area contributed by atoms with E-state index >= 15 is 0 Å². The van der Waals surface area contributed by atoms with Crippen LogP contribution < -0.4 is 5.32 Å². The van der Waals surface area contributed by atoms with Gasteiger partial charge in [0.2, 0.25) is 0 Å². The number of thiophene rings is 1. The third-order valence-corrected chi connectivity index (χ3v) is 3.26. The first kappa shape index (κ1) is 9.62. The van der Waals surface area contributed by atoms with Gasteiger partial charge in [-0.25, -0.2) is 4.98 Å². The predicted molar refractivity (Wildman–Crippen MR) is 65.6 cm³/mol. The third kappa shape index (κ3) is 1.64. The number of aromatic nitrogens is 3. The number of nitrogens with one attached hydrogen (secondary N) is 1. The van der Waals surface area contributed by atoms with E-state index in [1.165, 1.54) is 11.3 Å². The monoisotopic (exact) mass is 250 g/mol. The van der Waals surface area contributed by atoms with Gasteiger partial charge >= 0.3 is 0 Å². The maximum absolute atomic E-state index is 5.87. The SMILES string of the molecule is Clc1ccc(Nc2ccnc3ccnn23)s1. The van der Waals surface area contributed by atoms with E-state index in [4.69, 9.17) is 11.6 Å². The molecule has 4 nitrogen and oxygen atoms in total. The summed E-state index contributed by atoms with van der Waals surface area (Å²) in [6.45, 7) is 0. The van der Waals surface area contributed by atoms with Gasteiger partial charge in [-0.2, -0.15) is 9.61 Å². The number of fused-ring (bicyclic) bond motifs is 1. The molecule has 16 heavy (non-hydrogen) atoms. The zero-order chi connectivity index (χ0) is 11.0. The summed E-state index contributed by atoms with van der Waals surface area (Å²) in [5.74, 6) is 0.869. The van der Waals surface area contributed by atoms with Gasteiger partial charge in [-0.15, -0.1) is 11.3 Å². The lowest BCUT2D eigenvalue weighted by molar-refractivity contribution is 0.948. The van der Waals surface area contributed by atoms with E-state index in [1.54, 1.807) is 16.9 Å². The maximum Gasteiger partial charge on any atom is 0.157 e. The molecule has 0 radical (unpaired) electrons. The number of rotatable bonds is 2. The van der Waals surface area contributed by atoms with Crippen molar-refractivity contribution < 1.29 is 0 Å². The van der Waals surface area contributed by atoms with Crippen molar-refractivity contribution in [3.63, 3.8) is 0 Å². The van der Waals surface area contributed by atoms with Crippen molar-refractivity contribution in [1.29, 1.82) is 0 Å². The van der Waals surface area contributed by atoms with Gasteiger partial charge in [-0.3, -0.25) is 0 Å². The van der Waals surface area contributed by atoms with Gasteiger partial charge in [0.15, 0.2) is 5.65 Å². The number of anilines is 2. The lowest BCUT2D eigenvalue weighted by atomic mass is 10.5. The molecule has 3 rings (SSSR count). The smallest absolute Gasteiger partial charge is 0.157 e. The molecule has 0 atom stereocenters. The Morgan fingerprint density at radius 3 is 2.94 bits per heavy atom. The van der Waals surface area contributed by atoms with Crippen LogP contribution in [0.1, 0.15) is 0 Å². The summed E-state index contributed by atoms with van der Waals surface area (Å²) in [7, 11) is 0. The van der Waals surface area contributed by atoms with Crippen LogP contribution in [0, 0.1) is 0 Å². The first-order chi connectivity index (χ1) is 7.83. The van der Waals surface area contributed by atoms with Crippen LogP contribution in [0.2, 0.25) is 4.34 Å². The van der Waals surface area contributed by atoms with Gasteiger partial charge in [0.1, 0.15) is 5.82 Å². The molecule has 0 spiro atoms. The number of halogens is 1. The quantitative estimate of drug-likeness (QED) is 0.760. The lowest BCUT2D eigenvalue weighted by Crippen LogP contribution is -1.98. The van der Waals surface area contributed by atoms with Crippen LogP contribution >= 0.6 is 22.9 Å². The molecule has 0 fully saturated rings. The molecule has 0 aliphatic heterocycles. The molecule has 6 heteroatoms. The Kier molecular flexibility index (Phi) is 2.27. The molecular weight excluding hydrogens is 244 g/mol. The molecule has 0 aliphatic rings. The molecule has 0 amide bonds. The predicted octanol–water partition coefficient (Wildman–Crippen LogP) is 3.19. The van der Waals surface area contributed by atoms with Crippen LogP contribution in [0.4, 0.5) is 10.8 Å². The molecule has 0 saturated carbocycles. The van der Waals surface area contributed by atoms with Crippen LogP contribution in [-0.2, 0) is 0 Å². The Morgan fingerprint density at radius 2 is 2.12 bits per heavy atom. The summed E-state index contributed by atoms with van der Waals surface area (Å²) in [5, 5.41) is 8.41. The van der Waals surface area contributed by atoms with Crippen molar-refractivity contribution in [2.45, 2.75) is 0 Å². The Bertz CT molecular complexity index is 630. The third-order valence-electron chi connectivity index (χ3n) is 2.11. The average molecular weight is 251 g/mol. The summed E-state index contributed by atoms with van der Waals surface area (Å²) in [6.07, 6.45) is 3.46. The Hall–Kier alpha value is -1.59. The van der Waals surface area contributed by atoms with Gasteiger partial charge < -0.3 is 5.32 Å². The Balaban J connectivity index is 2.03. The fraction of sp³-hybridized carbons (Fsp3) is 0. The molecule has 1 N–H and O–H groups in total. The highest BCUT2D eigenvalue weighted by Gasteiger charge is 2.03. The van der Waals surface area contributed by atoms with E-state index in [2.05, 4.69) is 15.4 Å². The van der Waals surface area contributed by atoms with Gasteiger partial charge in [0.05, 0.1) is 15.5 Å². The molecule has 3 aromatic heterocycles. The molecular formula is C10H7ClN4S. The molecule has 3 heterocycles. The van der Waals surface area contributed by atoms with Crippen LogP contribution in [0.25, 0.3) is 5.65 Å². The van der Waals surface area contributed by atoms with Crippen LogP contribution in [0.15, 0.2) is 36.7 Å². The van der Waals surface area contributed by atoms with Gasteiger partial charge in [-0.05, 0) is 18.2 Å². The number of nitrogens with zero attached hydrogens (tertiary/aromatic N) is 3. The Morgan fingerprint density at radius 1 is 1.19 bits per heavy atom. The summed E-state index contributed by atoms with van der Waals surface area (Å²) >= 11 is 7.35. The minimum atomic E-state index is 0.758. The van der Waals surface area contributed by atoms with Crippen LogP contribution in [0.5, 0.6) is 0 Å². The van der Waals surface area contributed by atoms with Gasteiger partial charge in [0, 0.05) is 12.3 Å². The second kappa shape index (κ2) is 3.77. The zero-order valence-electron chi connectivity index (χ0n) is 8.09. The van der Waals surface area contributed by atoms with E-state index in [1.807, 2.05) is 24.3 Å². The van der Waals surface area contributed by atoms with Crippen molar-refractivity contribution in [2.24, 2.45) is 0 Å². The molecule has 0 aliphatic carbocycles. The zero-order valence-corrected chi connectivity index (χ0v) is 9.66. The summed E-state index contributed by atoms with van der Waals surface area (Å²) in [4.78, 5) is 4.19. The van der Waals surface area contributed by atoms with Gasteiger partial charge in [-0.1, -0.05) is 11.6 Å². The Labute approximate surface area is 101 Å². The largest absolute Gasteiger partial charge is 0.332 e. The van der Waals surface area contributed by atoms with Crippen molar-refractivity contribution in [3.8, 4) is 0 Å². The van der Waals surface area contributed by atoms with Gasteiger partial charge in [0.25, 0.3) is 0 Å². The molecule has 0 saturated heterocycles. The highest BCUT2D eigenvalue weighted by molar-refractivity contribution is 7.19. The standard InChI is InChI=1S/C10H7ClN4S/c11-7-1-2-10(16-7)14-9-3-5-12-8-4-6-13-15(8)9/h1-6,14H. The molecule has 3 aromatic rings. The highest BCUT2D eigenvalue weighted by atomic mass is 35.5. The molecule has 0 aromatic carbocycles. The van der Waals surface area contributed by atoms with Crippen molar-refractivity contribution in [2.75, 3.05) is 5.32 Å². The fourth-order valence-corrected chi connectivity index (χ4v) is 2.39. The number of hydrogen-bond donors (Lipinski definition) is 1. The van der Waals surface area contributed by atoms with Crippen LogP contribution in [0.3, 0.4) is 0 Å². The maximum atomic E-state index is 5.87. The molecule has 0 unspecified atom stereocenters. The minimum Gasteiger partial charge on any atom is -0.332 e. The minimum absolute atomic E-state index is 0.758. The van der Waals surface area contributed by atoms with E-state index in [9.17, 15) is 0 Å². The molecule has 80 valence electrons. The topological polar surface area (TPSA) is 42.2 Å².